The van der Waals surface area contributed by atoms with Gasteiger partial charge >= 0.3 is 0 Å². The number of allylic oxidation sites excluding steroid dienone is 1. The molecule has 1 rings (SSSR count). The van der Waals surface area contributed by atoms with Crippen LogP contribution < -0.4 is 0 Å². The molecule has 130 valence electrons. The minimum absolute atomic E-state index is 0.251. The van der Waals surface area contributed by atoms with Crippen LogP contribution in [0.25, 0.3) is 0 Å². The zero-order valence-electron chi connectivity index (χ0n) is 15.8. The fourth-order valence-electron chi connectivity index (χ4n) is 2.41. The summed E-state index contributed by atoms with van der Waals surface area (Å²) in [4.78, 5) is 0. The highest BCUT2D eigenvalue weighted by atomic mass is 127. The van der Waals surface area contributed by atoms with Gasteiger partial charge in [-0.3, -0.25) is 0 Å². The van der Waals surface area contributed by atoms with Gasteiger partial charge in [-0.2, -0.15) is 0 Å². The van der Waals surface area contributed by atoms with E-state index in [9.17, 15) is 0 Å². The summed E-state index contributed by atoms with van der Waals surface area (Å²) in [6.45, 7) is 16.1. The van der Waals surface area contributed by atoms with Gasteiger partial charge in [0.2, 0.25) is 0 Å². The van der Waals surface area contributed by atoms with E-state index in [2.05, 4.69) is 107 Å². The predicted octanol–water partition coefficient (Wildman–Crippen LogP) is 6.98. The average molecular weight is 444 g/mol. The van der Waals surface area contributed by atoms with Crippen LogP contribution >= 0.6 is 22.6 Å². The van der Waals surface area contributed by atoms with E-state index in [0.717, 1.165) is 12.8 Å². The molecular weight excluding hydrogens is 411 g/mol. The summed E-state index contributed by atoms with van der Waals surface area (Å²) in [5.41, 5.74) is 1.40. The van der Waals surface area contributed by atoms with Gasteiger partial charge in [-0.25, -0.2) is 0 Å². The maximum Gasteiger partial charge on any atom is 0.192 e. The monoisotopic (exact) mass is 444 g/mol. The molecule has 0 radical (unpaired) electrons. The zero-order valence-corrected chi connectivity index (χ0v) is 19.0. The largest absolute Gasteiger partial charge is 0.413 e. The van der Waals surface area contributed by atoms with Gasteiger partial charge in [0.15, 0.2) is 8.32 Å². The van der Waals surface area contributed by atoms with E-state index in [4.69, 9.17) is 4.43 Å². The molecule has 0 spiro atoms. The van der Waals surface area contributed by atoms with Crippen LogP contribution in [-0.4, -0.2) is 14.4 Å². The van der Waals surface area contributed by atoms with E-state index < -0.39 is 8.32 Å². The van der Waals surface area contributed by atoms with Crippen LogP contribution in [0.2, 0.25) is 18.1 Å². The Morgan fingerprint density at radius 3 is 2.26 bits per heavy atom. The summed E-state index contributed by atoms with van der Waals surface area (Å²) in [5.74, 6) is 0.449. The molecule has 3 heteroatoms. The predicted molar refractivity (Wildman–Crippen MR) is 114 cm³/mol. The van der Waals surface area contributed by atoms with Gasteiger partial charge in [0, 0.05) is 0 Å². The maximum atomic E-state index is 6.78. The minimum atomic E-state index is -1.75. The van der Waals surface area contributed by atoms with Crippen LogP contribution in [0.1, 0.15) is 46.6 Å². The number of halogens is 1. The molecule has 1 nitrogen and oxygen atoms in total. The Bertz CT molecular complexity index is 498. The molecule has 0 unspecified atom stereocenters. The van der Waals surface area contributed by atoms with Crippen molar-refractivity contribution in [2.45, 2.75) is 71.7 Å². The van der Waals surface area contributed by atoms with Crippen molar-refractivity contribution in [1.82, 2.24) is 0 Å². The van der Waals surface area contributed by atoms with Gasteiger partial charge in [0.25, 0.3) is 0 Å². The van der Waals surface area contributed by atoms with Crippen LogP contribution in [0.3, 0.4) is 0 Å². The molecule has 0 aliphatic rings. The number of rotatable bonds is 7. The van der Waals surface area contributed by atoms with Gasteiger partial charge in [0.05, 0.1) is 6.10 Å². The van der Waals surface area contributed by atoms with Gasteiger partial charge < -0.3 is 4.43 Å². The Labute approximate surface area is 158 Å². The summed E-state index contributed by atoms with van der Waals surface area (Å²) >= 11 is 2.40. The first-order valence-electron chi connectivity index (χ1n) is 8.58. The molecule has 0 amide bonds. The lowest BCUT2D eigenvalue weighted by atomic mass is 9.97. The summed E-state index contributed by atoms with van der Waals surface area (Å²) in [6.07, 6.45) is 4.81. The second-order valence-electron chi connectivity index (χ2n) is 8.05. The summed E-state index contributed by atoms with van der Waals surface area (Å²) in [6, 6.07) is 10.8. The van der Waals surface area contributed by atoms with Crippen molar-refractivity contribution in [1.29, 1.82) is 0 Å². The molecule has 0 N–H and O–H groups in total. The lowest BCUT2D eigenvalue weighted by Crippen LogP contribution is -2.45. The first kappa shape index (κ1) is 20.9. The fourth-order valence-corrected chi connectivity index (χ4v) is 4.42. The highest BCUT2D eigenvalue weighted by Gasteiger charge is 2.39. The zero-order chi connectivity index (χ0) is 17.7. The van der Waals surface area contributed by atoms with Gasteiger partial charge in [-0.15, -0.1) is 0 Å². The minimum Gasteiger partial charge on any atom is -0.413 e. The third-order valence-electron chi connectivity index (χ3n) is 4.89. The fraction of sp³-hybridized carbons (Fsp3) is 0.600. The molecule has 0 aliphatic carbocycles. The Hall–Kier alpha value is -0.133. The van der Waals surface area contributed by atoms with Crippen molar-refractivity contribution in [3.8, 4) is 0 Å². The average Bonchev–Trinajstić information content (AvgIpc) is 2.42. The van der Waals surface area contributed by atoms with E-state index in [1.807, 2.05) is 0 Å². The van der Waals surface area contributed by atoms with Crippen molar-refractivity contribution in [3.63, 3.8) is 0 Å². The Balaban J connectivity index is 2.87. The molecular formula is C20H33IOSi. The Kier molecular flexibility index (Phi) is 8.01. The smallest absolute Gasteiger partial charge is 0.192 e. The molecule has 0 saturated heterocycles. The van der Waals surface area contributed by atoms with Crippen LogP contribution in [0.4, 0.5) is 0 Å². The highest BCUT2D eigenvalue weighted by molar-refractivity contribution is 14.1. The van der Waals surface area contributed by atoms with Gasteiger partial charge in [-0.05, 0) is 75.5 Å². The third-order valence-corrected chi connectivity index (χ3v) is 9.76. The number of benzene rings is 1. The van der Waals surface area contributed by atoms with E-state index in [-0.39, 0.29) is 5.04 Å². The highest BCUT2D eigenvalue weighted by Crippen LogP contribution is 2.39. The molecule has 23 heavy (non-hydrogen) atoms. The molecule has 0 bridgehead atoms. The number of hydrogen-bond donors (Lipinski definition) is 0. The van der Waals surface area contributed by atoms with Crippen molar-refractivity contribution in [2.75, 3.05) is 0 Å². The molecule has 0 heterocycles. The van der Waals surface area contributed by atoms with E-state index in [0.29, 0.717) is 12.0 Å². The van der Waals surface area contributed by atoms with E-state index in [1.165, 1.54) is 9.14 Å². The van der Waals surface area contributed by atoms with Crippen molar-refractivity contribution >= 4 is 30.9 Å². The lowest BCUT2D eigenvalue weighted by molar-refractivity contribution is 0.136. The molecule has 0 aromatic heterocycles. The second kappa shape index (κ2) is 8.81. The van der Waals surface area contributed by atoms with Gasteiger partial charge in [-0.1, -0.05) is 64.1 Å². The standard InChI is InChI=1S/C20H33IOSi/c1-16(15-17(2)21)19(22-23(6,7)20(3,4)5)14-13-18-11-9-8-10-12-18/h8-12,15-16,19H,13-14H2,1-7H3/b17-15+/t16-,19+/m1/s1. The first-order chi connectivity index (χ1) is 10.5. The van der Waals surface area contributed by atoms with Crippen molar-refractivity contribution in [2.24, 2.45) is 5.92 Å². The Morgan fingerprint density at radius 2 is 1.78 bits per heavy atom. The van der Waals surface area contributed by atoms with Crippen molar-refractivity contribution in [3.05, 3.63) is 45.6 Å². The molecule has 0 saturated carbocycles. The second-order valence-corrected chi connectivity index (χ2v) is 14.5. The number of hydrogen-bond acceptors (Lipinski definition) is 1. The third kappa shape index (κ3) is 7.10. The van der Waals surface area contributed by atoms with Crippen LogP contribution in [-0.2, 0) is 10.8 Å². The van der Waals surface area contributed by atoms with Crippen LogP contribution in [0, 0.1) is 5.92 Å². The molecule has 2 atom stereocenters. The topological polar surface area (TPSA) is 9.23 Å². The van der Waals surface area contributed by atoms with Crippen molar-refractivity contribution < 1.29 is 4.43 Å². The molecule has 0 aliphatic heterocycles. The lowest BCUT2D eigenvalue weighted by Gasteiger charge is -2.40. The van der Waals surface area contributed by atoms with E-state index in [1.54, 1.807) is 0 Å². The molecule has 1 aromatic carbocycles. The van der Waals surface area contributed by atoms with E-state index >= 15 is 0 Å². The van der Waals surface area contributed by atoms with Crippen LogP contribution in [0.15, 0.2) is 40.0 Å². The molecule has 0 fully saturated rings. The first-order valence-corrected chi connectivity index (χ1v) is 12.6. The number of aryl methyl sites for hydroxylation is 1. The summed E-state index contributed by atoms with van der Waals surface area (Å²) in [7, 11) is -1.75. The normalized spacial score (nSPS) is 16.3. The van der Waals surface area contributed by atoms with Gasteiger partial charge in [0.1, 0.15) is 0 Å². The Morgan fingerprint density at radius 1 is 1.22 bits per heavy atom. The molecule has 1 aromatic rings. The SMILES string of the molecule is C/C(I)=C\[C@@H](C)[C@H](CCc1ccccc1)O[Si](C)(C)C(C)(C)C. The van der Waals surface area contributed by atoms with Crippen LogP contribution in [0.5, 0.6) is 0 Å². The summed E-state index contributed by atoms with van der Waals surface area (Å²) in [5, 5.41) is 0.251. The quantitative estimate of drug-likeness (QED) is 0.326. The maximum absolute atomic E-state index is 6.78. The summed E-state index contributed by atoms with van der Waals surface area (Å²) < 4.78 is 8.12.